The number of hydrogen-bond donors (Lipinski definition) is 0. The fraction of sp³-hybridized carbons (Fsp3) is 0.875. The van der Waals surface area contributed by atoms with E-state index in [-0.39, 0.29) is 35.7 Å². The zero-order valence-corrected chi connectivity index (χ0v) is 20.9. The van der Waals surface area contributed by atoms with Gasteiger partial charge in [-0.05, 0) is 0 Å². The van der Waals surface area contributed by atoms with Gasteiger partial charge in [-0.25, -0.2) is 0 Å². The van der Waals surface area contributed by atoms with Crippen molar-refractivity contribution in [1.29, 1.82) is 0 Å². The lowest BCUT2D eigenvalue weighted by molar-refractivity contribution is -0.270. The molecule has 1 fully saturated rings. The fourth-order valence-corrected chi connectivity index (χ4v) is 4.96. The summed E-state index contributed by atoms with van der Waals surface area (Å²) in [6, 6.07) is 0. The maximum absolute atomic E-state index is 12.6. The summed E-state index contributed by atoms with van der Waals surface area (Å²) in [4.78, 5) is 37.8. The summed E-state index contributed by atoms with van der Waals surface area (Å²) < 4.78 is 18.0. The van der Waals surface area contributed by atoms with E-state index in [2.05, 4.69) is 0 Å². The van der Waals surface area contributed by atoms with E-state index in [1.54, 1.807) is 41.5 Å². The van der Waals surface area contributed by atoms with Crippen LogP contribution >= 0.6 is 0 Å². The molecule has 6 heteroatoms. The summed E-state index contributed by atoms with van der Waals surface area (Å²) in [5.74, 6) is -1.91. The molecule has 0 spiro atoms. The third kappa shape index (κ3) is 5.00. The van der Waals surface area contributed by atoms with Crippen LogP contribution in [-0.4, -0.2) is 36.2 Å². The Kier molecular flexibility index (Phi) is 7.82. The van der Waals surface area contributed by atoms with Gasteiger partial charge in [0, 0.05) is 16.2 Å². The van der Waals surface area contributed by atoms with Crippen LogP contribution in [0.4, 0.5) is 0 Å². The normalized spacial score (nSPS) is 27.1. The minimum Gasteiger partial charge on any atom is -0.461 e. The molecule has 1 aliphatic carbocycles. The monoisotopic (exact) mass is 426 g/mol. The van der Waals surface area contributed by atoms with Gasteiger partial charge >= 0.3 is 17.9 Å². The number of esters is 3. The number of ether oxygens (including phenoxy) is 3. The third-order valence-electron chi connectivity index (χ3n) is 6.17. The molecule has 30 heavy (non-hydrogen) atoms. The molecule has 0 saturated heterocycles. The van der Waals surface area contributed by atoms with Crippen LogP contribution in [0.1, 0.15) is 83.1 Å². The molecular weight excluding hydrogens is 384 g/mol. The molecule has 1 rings (SSSR count). The van der Waals surface area contributed by atoms with Crippen LogP contribution in [-0.2, 0) is 28.6 Å². The molecule has 0 aromatic heterocycles. The minimum atomic E-state index is -0.706. The average molecular weight is 427 g/mol. The highest BCUT2D eigenvalue weighted by molar-refractivity contribution is 5.73. The summed E-state index contributed by atoms with van der Waals surface area (Å²) in [5.41, 5.74) is -2.12. The first-order valence-corrected chi connectivity index (χ1v) is 11.0. The van der Waals surface area contributed by atoms with Crippen molar-refractivity contribution < 1.29 is 28.6 Å². The van der Waals surface area contributed by atoms with Gasteiger partial charge in [0.15, 0.2) is 0 Å². The molecule has 1 aliphatic rings. The van der Waals surface area contributed by atoms with E-state index < -0.39 is 34.6 Å². The largest absolute Gasteiger partial charge is 0.461 e. The maximum atomic E-state index is 12.6. The SMILES string of the molecule is CC(C)C(=O)OC1C(C)(C)C(OC(=O)C(C)C)C(C)(C)C(OC(=O)C(C)C)C1(C)C. The smallest absolute Gasteiger partial charge is 0.308 e. The Morgan fingerprint density at radius 1 is 0.500 bits per heavy atom. The van der Waals surface area contributed by atoms with Gasteiger partial charge in [-0.1, -0.05) is 83.1 Å². The highest BCUT2D eigenvalue weighted by atomic mass is 16.6. The van der Waals surface area contributed by atoms with Crippen molar-refractivity contribution in [2.24, 2.45) is 34.0 Å². The molecule has 0 aromatic rings. The summed E-state index contributed by atoms with van der Waals surface area (Å²) in [6.45, 7) is 22.4. The van der Waals surface area contributed by atoms with Crippen molar-refractivity contribution in [1.82, 2.24) is 0 Å². The Bertz CT molecular complexity index is 548. The second-order valence-electron chi connectivity index (χ2n) is 11.4. The molecule has 0 aliphatic heterocycles. The topological polar surface area (TPSA) is 78.9 Å². The first-order chi connectivity index (χ1) is 13.4. The summed E-state index contributed by atoms with van der Waals surface area (Å²) in [7, 11) is 0. The van der Waals surface area contributed by atoms with Gasteiger partial charge in [-0.2, -0.15) is 0 Å². The van der Waals surface area contributed by atoms with Gasteiger partial charge in [0.2, 0.25) is 0 Å². The van der Waals surface area contributed by atoms with E-state index in [1.165, 1.54) is 0 Å². The molecule has 0 N–H and O–H groups in total. The molecule has 0 aromatic carbocycles. The molecule has 1 saturated carbocycles. The van der Waals surface area contributed by atoms with E-state index in [0.717, 1.165) is 0 Å². The molecule has 0 bridgehead atoms. The van der Waals surface area contributed by atoms with Crippen LogP contribution in [0, 0.1) is 34.0 Å². The fourth-order valence-electron chi connectivity index (χ4n) is 4.96. The zero-order valence-electron chi connectivity index (χ0n) is 20.9. The van der Waals surface area contributed by atoms with Gasteiger partial charge in [0.25, 0.3) is 0 Å². The highest BCUT2D eigenvalue weighted by Crippen LogP contribution is 2.58. The summed E-state index contributed by atoms with van der Waals surface area (Å²) >= 11 is 0. The molecule has 0 amide bonds. The average Bonchev–Trinajstić information content (AvgIpc) is 2.58. The van der Waals surface area contributed by atoms with Crippen molar-refractivity contribution in [3.05, 3.63) is 0 Å². The van der Waals surface area contributed by atoms with Crippen LogP contribution in [0.3, 0.4) is 0 Å². The molecular formula is C24H42O6. The van der Waals surface area contributed by atoms with Crippen LogP contribution in [0.25, 0.3) is 0 Å². The predicted octanol–water partition coefficient (Wildman–Crippen LogP) is 4.78. The van der Waals surface area contributed by atoms with Gasteiger partial charge in [0.1, 0.15) is 18.3 Å². The standard InChI is InChI=1S/C24H42O6/c1-13(2)16(25)28-19-22(7,8)20(29-17(26)14(3)4)24(11,12)21(23(19,9)10)30-18(27)15(5)6/h13-15,19-21H,1-12H3. The molecule has 0 atom stereocenters. The Morgan fingerprint density at radius 2 is 0.667 bits per heavy atom. The van der Waals surface area contributed by atoms with Crippen LogP contribution < -0.4 is 0 Å². The quantitative estimate of drug-likeness (QED) is 0.449. The lowest BCUT2D eigenvalue weighted by atomic mass is 9.51. The first-order valence-electron chi connectivity index (χ1n) is 11.0. The third-order valence-corrected chi connectivity index (χ3v) is 6.17. The van der Waals surface area contributed by atoms with Crippen molar-refractivity contribution in [3.8, 4) is 0 Å². The highest BCUT2D eigenvalue weighted by Gasteiger charge is 2.67. The van der Waals surface area contributed by atoms with E-state index >= 15 is 0 Å². The Hall–Kier alpha value is -1.59. The lowest BCUT2D eigenvalue weighted by Crippen LogP contribution is -2.70. The lowest BCUT2D eigenvalue weighted by Gasteiger charge is -2.61. The van der Waals surface area contributed by atoms with Gasteiger partial charge in [-0.3, -0.25) is 14.4 Å². The van der Waals surface area contributed by atoms with Crippen molar-refractivity contribution in [3.63, 3.8) is 0 Å². The molecule has 0 unspecified atom stereocenters. The van der Waals surface area contributed by atoms with Crippen molar-refractivity contribution >= 4 is 17.9 Å². The maximum Gasteiger partial charge on any atom is 0.308 e. The number of carbonyl (C=O) groups excluding carboxylic acids is 3. The first kappa shape index (κ1) is 26.4. The van der Waals surface area contributed by atoms with E-state index in [4.69, 9.17) is 14.2 Å². The minimum absolute atomic E-state index is 0.306. The second-order valence-corrected chi connectivity index (χ2v) is 11.4. The Morgan fingerprint density at radius 3 is 0.800 bits per heavy atom. The van der Waals surface area contributed by atoms with Gasteiger partial charge in [-0.15, -0.1) is 0 Å². The van der Waals surface area contributed by atoms with E-state index in [0.29, 0.717) is 0 Å². The summed E-state index contributed by atoms with van der Waals surface area (Å²) in [5, 5.41) is 0. The second kappa shape index (κ2) is 8.88. The molecule has 174 valence electrons. The van der Waals surface area contributed by atoms with Crippen LogP contribution in [0.5, 0.6) is 0 Å². The molecule has 6 nitrogen and oxygen atoms in total. The van der Waals surface area contributed by atoms with Crippen molar-refractivity contribution in [2.75, 3.05) is 0 Å². The van der Waals surface area contributed by atoms with Crippen molar-refractivity contribution in [2.45, 2.75) is 101 Å². The summed E-state index contributed by atoms with van der Waals surface area (Å²) in [6.07, 6.45) is -1.87. The number of rotatable bonds is 6. The van der Waals surface area contributed by atoms with Crippen LogP contribution in [0.15, 0.2) is 0 Å². The number of hydrogen-bond acceptors (Lipinski definition) is 6. The number of carbonyl (C=O) groups is 3. The zero-order chi connectivity index (χ0) is 23.8. The molecule has 0 radical (unpaired) electrons. The Balaban J connectivity index is 3.59. The van der Waals surface area contributed by atoms with Gasteiger partial charge < -0.3 is 14.2 Å². The Labute approximate surface area is 182 Å². The van der Waals surface area contributed by atoms with E-state index in [9.17, 15) is 14.4 Å². The van der Waals surface area contributed by atoms with E-state index in [1.807, 2.05) is 41.5 Å². The van der Waals surface area contributed by atoms with Crippen LogP contribution in [0.2, 0.25) is 0 Å². The molecule has 0 heterocycles. The van der Waals surface area contributed by atoms with Gasteiger partial charge in [0.05, 0.1) is 17.8 Å². The predicted molar refractivity (Wildman–Crippen MR) is 115 cm³/mol.